The molecule has 0 radical (unpaired) electrons. The minimum atomic E-state index is -4.62. The molecule has 0 aliphatic carbocycles. The predicted octanol–water partition coefficient (Wildman–Crippen LogP) is 1.15. The van der Waals surface area contributed by atoms with Gasteiger partial charge in [-0.1, -0.05) is 6.07 Å². The molecule has 20 heavy (non-hydrogen) atoms. The molecule has 8 heteroatoms. The van der Waals surface area contributed by atoms with Gasteiger partial charge in [0.2, 0.25) is 5.91 Å². The summed E-state index contributed by atoms with van der Waals surface area (Å²) in [5, 5.41) is 4.69. The molecule has 5 nitrogen and oxygen atoms in total. The Morgan fingerprint density at radius 2 is 1.95 bits per heavy atom. The number of para-hydroxylation sites is 1. The number of nitrogens with one attached hydrogen (secondary N) is 2. The average molecular weight is 289 g/mol. The molecule has 0 unspecified atom stereocenters. The molecule has 2 amide bonds. The van der Waals surface area contributed by atoms with Crippen LogP contribution in [0.3, 0.4) is 0 Å². The Morgan fingerprint density at radius 3 is 2.50 bits per heavy atom. The number of carbonyl (C=O) groups excluding carboxylic acids is 2. The molecule has 0 saturated carbocycles. The van der Waals surface area contributed by atoms with E-state index in [4.69, 9.17) is 5.73 Å². The summed E-state index contributed by atoms with van der Waals surface area (Å²) >= 11 is 0. The van der Waals surface area contributed by atoms with Crippen LogP contribution in [0.1, 0.15) is 22.3 Å². The third kappa shape index (κ3) is 3.87. The molecule has 0 heterocycles. The molecule has 0 aliphatic heterocycles. The van der Waals surface area contributed by atoms with Crippen molar-refractivity contribution < 1.29 is 22.8 Å². The van der Waals surface area contributed by atoms with Crippen molar-refractivity contribution in [1.82, 2.24) is 10.6 Å². The lowest BCUT2D eigenvalue weighted by Gasteiger charge is -2.13. The van der Waals surface area contributed by atoms with Crippen LogP contribution in [0.15, 0.2) is 18.2 Å². The fourth-order valence-corrected chi connectivity index (χ4v) is 1.52. The zero-order valence-electron chi connectivity index (χ0n) is 10.7. The van der Waals surface area contributed by atoms with Gasteiger partial charge in [0.25, 0.3) is 5.91 Å². The lowest BCUT2D eigenvalue weighted by Crippen LogP contribution is -2.30. The van der Waals surface area contributed by atoms with Crippen LogP contribution >= 0.6 is 0 Å². The first kappa shape index (κ1) is 15.8. The SMILES string of the molecule is CNC(=O)CCNC(=O)c1cccc(C(F)(F)F)c1N. The Hall–Kier alpha value is -2.25. The van der Waals surface area contributed by atoms with Crippen LogP contribution in [0.2, 0.25) is 0 Å². The molecule has 0 atom stereocenters. The number of nitrogens with two attached hydrogens (primary N) is 1. The number of amides is 2. The second kappa shape index (κ2) is 6.27. The highest BCUT2D eigenvalue weighted by atomic mass is 19.4. The van der Waals surface area contributed by atoms with Gasteiger partial charge in [0.15, 0.2) is 0 Å². The first-order valence-electron chi connectivity index (χ1n) is 5.71. The van der Waals surface area contributed by atoms with Crippen LogP contribution in [-0.2, 0) is 11.0 Å². The summed E-state index contributed by atoms with van der Waals surface area (Å²) in [6.45, 7) is 0.00813. The van der Waals surface area contributed by atoms with Crippen LogP contribution in [0.25, 0.3) is 0 Å². The van der Waals surface area contributed by atoms with Gasteiger partial charge in [-0.05, 0) is 12.1 Å². The minimum absolute atomic E-state index is 0.00813. The Bertz CT molecular complexity index is 515. The first-order chi connectivity index (χ1) is 9.27. The standard InChI is InChI=1S/C12H14F3N3O2/c1-17-9(19)5-6-18-11(20)7-3-2-4-8(10(7)16)12(13,14)15/h2-4H,5-6,16H2,1H3,(H,17,19)(H,18,20). The zero-order chi connectivity index (χ0) is 15.3. The molecule has 1 rings (SSSR count). The maximum Gasteiger partial charge on any atom is 0.418 e. The maximum atomic E-state index is 12.6. The number of rotatable bonds is 4. The highest BCUT2D eigenvalue weighted by Gasteiger charge is 2.34. The largest absolute Gasteiger partial charge is 0.418 e. The number of benzene rings is 1. The number of alkyl halides is 3. The molecule has 0 aromatic heterocycles. The number of anilines is 1. The molecular formula is C12H14F3N3O2. The number of hydrogen-bond acceptors (Lipinski definition) is 3. The fraction of sp³-hybridized carbons (Fsp3) is 0.333. The first-order valence-corrected chi connectivity index (χ1v) is 5.71. The average Bonchev–Trinajstić information content (AvgIpc) is 2.37. The lowest BCUT2D eigenvalue weighted by molar-refractivity contribution is -0.136. The van der Waals surface area contributed by atoms with E-state index in [0.717, 1.165) is 12.1 Å². The van der Waals surface area contributed by atoms with E-state index < -0.39 is 23.3 Å². The molecule has 4 N–H and O–H groups in total. The molecule has 0 spiro atoms. The van der Waals surface area contributed by atoms with Gasteiger partial charge >= 0.3 is 6.18 Å². The van der Waals surface area contributed by atoms with Gasteiger partial charge in [0, 0.05) is 20.0 Å². The van der Waals surface area contributed by atoms with Crippen molar-refractivity contribution in [2.45, 2.75) is 12.6 Å². The van der Waals surface area contributed by atoms with Gasteiger partial charge in [-0.3, -0.25) is 9.59 Å². The van der Waals surface area contributed by atoms with Crippen LogP contribution in [0.5, 0.6) is 0 Å². The Kier molecular flexibility index (Phi) is 4.95. The normalized spacial score (nSPS) is 11.0. The van der Waals surface area contributed by atoms with E-state index in [0.29, 0.717) is 0 Å². The van der Waals surface area contributed by atoms with E-state index in [2.05, 4.69) is 10.6 Å². The fourth-order valence-electron chi connectivity index (χ4n) is 1.52. The van der Waals surface area contributed by atoms with Crippen molar-refractivity contribution in [3.8, 4) is 0 Å². The van der Waals surface area contributed by atoms with Gasteiger partial charge < -0.3 is 16.4 Å². The van der Waals surface area contributed by atoms with Crippen molar-refractivity contribution >= 4 is 17.5 Å². The van der Waals surface area contributed by atoms with Crippen molar-refractivity contribution in [3.05, 3.63) is 29.3 Å². The van der Waals surface area contributed by atoms with Crippen LogP contribution < -0.4 is 16.4 Å². The van der Waals surface area contributed by atoms with E-state index in [1.54, 1.807) is 0 Å². The second-order valence-corrected chi connectivity index (χ2v) is 3.94. The van der Waals surface area contributed by atoms with Crippen LogP contribution in [0, 0.1) is 0 Å². The Morgan fingerprint density at radius 1 is 1.30 bits per heavy atom. The van der Waals surface area contributed by atoms with Crippen molar-refractivity contribution in [1.29, 1.82) is 0 Å². The van der Waals surface area contributed by atoms with E-state index in [1.807, 2.05) is 0 Å². The Labute approximate surface area is 113 Å². The zero-order valence-corrected chi connectivity index (χ0v) is 10.7. The number of carbonyl (C=O) groups is 2. The summed E-state index contributed by atoms with van der Waals surface area (Å²) in [7, 11) is 1.44. The summed E-state index contributed by atoms with van der Waals surface area (Å²) in [6.07, 6.45) is -4.59. The van der Waals surface area contributed by atoms with Gasteiger partial charge in [-0.2, -0.15) is 13.2 Å². The summed E-state index contributed by atoms with van der Waals surface area (Å²) in [5.41, 5.74) is 3.41. The van der Waals surface area contributed by atoms with Gasteiger partial charge in [-0.25, -0.2) is 0 Å². The maximum absolute atomic E-state index is 12.6. The Balaban J connectivity index is 2.82. The predicted molar refractivity (Wildman–Crippen MR) is 66.9 cm³/mol. The van der Waals surface area contributed by atoms with Gasteiger partial charge in [-0.15, -0.1) is 0 Å². The lowest BCUT2D eigenvalue weighted by atomic mass is 10.1. The molecule has 1 aromatic rings. The quantitative estimate of drug-likeness (QED) is 0.727. The molecule has 110 valence electrons. The molecule has 0 bridgehead atoms. The second-order valence-electron chi connectivity index (χ2n) is 3.94. The molecule has 0 fully saturated rings. The summed E-state index contributed by atoms with van der Waals surface area (Å²) in [4.78, 5) is 22.7. The molecule has 1 aromatic carbocycles. The number of nitrogen functional groups attached to an aromatic ring is 1. The monoisotopic (exact) mass is 289 g/mol. The topological polar surface area (TPSA) is 84.2 Å². The third-order valence-corrected chi connectivity index (χ3v) is 2.57. The van der Waals surface area contributed by atoms with Gasteiger partial charge in [0.1, 0.15) is 0 Å². The summed E-state index contributed by atoms with van der Waals surface area (Å²) in [6, 6.07) is 3.10. The van der Waals surface area contributed by atoms with Crippen LogP contribution in [0.4, 0.5) is 18.9 Å². The third-order valence-electron chi connectivity index (χ3n) is 2.57. The minimum Gasteiger partial charge on any atom is -0.398 e. The summed E-state index contributed by atoms with van der Waals surface area (Å²) in [5.74, 6) is -1.04. The highest BCUT2D eigenvalue weighted by Crippen LogP contribution is 2.34. The van der Waals surface area contributed by atoms with E-state index in [1.165, 1.54) is 13.1 Å². The van der Waals surface area contributed by atoms with Crippen molar-refractivity contribution in [2.24, 2.45) is 0 Å². The van der Waals surface area contributed by atoms with E-state index >= 15 is 0 Å². The number of hydrogen-bond donors (Lipinski definition) is 3. The van der Waals surface area contributed by atoms with Crippen LogP contribution in [-0.4, -0.2) is 25.4 Å². The highest BCUT2D eigenvalue weighted by molar-refractivity contribution is 6.00. The van der Waals surface area contributed by atoms with E-state index in [-0.39, 0.29) is 24.4 Å². The van der Waals surface area contributed by atoms with Crippen molar-refractivity contribution in [2.75, 3.05) is 19.3 Å². The molecular weight excluding hydrogens is 275 g/mol. The van der Waals surface area contributed by atoms with Gasteiger partial charge in [0.05, 0.1) is 16.8 Å². The van der Waals surface area contributed by atoms with E-state index in [9.17, 15) is 22.8 Å². The van der Waals surface area contributed by atoms with Crippen molar-refractivity contribution in [3.63, 3.8) is 0 Å². The summed E-state index contributed by atoms with van der Waals surface area (Å²) < 4.78 is 37.9. The molecule has 0 saturated heterocycles. The smallest absolute Gasteiger partial charge is 0.398 e. The number of halogens is 3. The molecule has 0 aliphatic rings.